The van der Waals surface area contributed by atoms with Crippen molar-refractivity contribution in [2.75, 3.05) is 25.1 Å². The maximum absolute atomic E-state index is 12.4. The van der Waals surface area contributed by atoms with Gasteiger partial charge in [-0.25, -0.2) is 9.78 Å². The van der Waals surface area contributed by atoms with Gasteiger partial charge in [-0.1, -0.05) is 17.7 Å². The van der Waals surface area contributed by atoms with E-state index in [0.29, 0.717) is 12.4 Å². The number of aromatic nitrogens is 1. The number of ether oxygens (including phenoxy) is 2. The number of hydrogen-bond donors (Lipinski definition) is 1. The Kier molecular flexibility index (Phi) is 5.43. The van der Waals surface area contributed by atoms with Gasteiger partial charge in [-0.05, 0) is 32.9 Å². The van der Waals surface area contributed by atoms with Crippen molar-refractivity contribution in [3.05, 3.63) is 23.4 Å². The second-order valence-corrected chi connectivity index (χ2v) is 6.49. The smallest absolute Gasteiger partial charge is 0.411 e. The number of carbonyl (C=O) groups excluding carboxylic acids is 2. The van der Waals surface area contributed by atoms with E-state index in [0.717, 1.165) is 0 Å². The first kappa shape index (κ1) is 17.5. The molecule has 1 aliphatic heterocycles. The molecule has 2 amide bonds. The van der Waals surface area contributed by atoms with Crippen LogP contribution in [0.15, 0.2) is 18.2 Å². The van der Waals surface area contributed by atoms with E-state index in [2.05, 4.69) is 10.3 Å². The average molecular weight is 342 g/mol. The van der Waals surface area contributed by atoms with E-state index in [-0.39, 0.29) is 18.3 Å². The molecule has 2 heterocycles. The summed E-state index contributed by atoms with van der Waals surface area (Å²) in [6.45, 7) is 6.07. The molecular formula is C15H20ClN3O4. The van der Waals surface area contributed by atoms with Gasteiger partial charge in [-0.2, -0.15) is 0 Å². The SMILES string of the molecule is CC(C)(C)OC(=O)N1CCOCC1C(=O)Nc1cccc(Cl)n1. The monoisotopic (exact) mass is 341 g/mol. The van der Waals surface area contributed by atoms with Gasteiger partial charge in [-0.3, -0.25) is 9.69 Å². The van der Waals surface area contributed by atoms with Gasteiger partial charge in [0.05, 0.1) is 13.2 Å². The third-order valence-corrected chi connectivity index (χ3v) is 3.24. The first-order chi connectivity index (χ1) is 10.8. The highest BCUT2D eigenvalue weighted by atomic mass is 35.5. The molecule has 1 unspecified atom stereocenters. The van der Waals surface area contributed by atoms with Crippen molar-refractivity contribution in [2.24, 2.45) is 0 Å². The maximum Gasteiger partial charge on any atom is 0.411 e. The number of nitrogens with zero attached hydrogens (tertiary/aromatic N) is 2. The lowest BCUT2D eigenvalue weighted by molar-refractivity contribution is -0.127. The summed E-state index contributed by atoms with van der Waals surface area (Å²) in [7, 11) is 0. The second-order valence-electron chi connectivity index (χ2n) is 6.10. The Morgan fingerprint density at radius 2 is 2.17 bits per heavy atom. The van der Waals surface area contributed by atoms with Crippen LogP contribution in [0.1, 0.15) is 20.8 Å². The molecule has 0 aromatic carbocycles. The predicted octanol–water partition coefficient (Wildman–Crippen LogP) is 2.31. The molecule has 0 aliphatic carbocycles. The summed E-state index contributed by atoms with van der Waals surface area (Å²) in [5.41, 5.74) is -0.634. The zero-order valence-corrected chi connectivity index (χ0v) is 14.1. The van der Waals surface area contributed by atoms with Crippen LogP contribution in [0.2, 0.25) is 5.15 Å². The quantitative estimate of drug-likeness (QED) is 0.835. The van der Waals surface area contributed by atoms with Crippen LogP contribution in [0.25, 0.3) is 0 Å². The number of pyridine rings is 1. The summed E-state index contributed by atoms with van der Waals surface area (Å²) >= 11 is 5.79. The first-order valence-corrected chi connectivity index (χ1v) is 7.65. The summed E-state index contributed by atoms with van der Waals surface area (Å²) in [5, 5.41) is 2.91. The van der Waals surface area contributed by atoms with E-state index in [4.69, 9.17) is 21.1 Å². The van der Waals surface area contributed by atoms with Crippen molar-refractivity contribution in [2.45, 2.75) is 32.4 Å². The van der Waals surface area contributed by atoms with Crippen molar-refractivity contribution in [3.8, 4) is 0 Å². The van der Waals surface area contributed by atoms with Gasteiger partial charge in [-0.15, -0.1) is 0 Å². The number of rotatable bonds is 2. The Labute approximate surface area is 139 Å². The molecule has 2 rings (SSSR count). The van der Waals surface area contributed by atoms with E-state index >= 15 is 0 Å². The molecule has 23 heavy (non-hydrogen) atoms. The molecule has 1 N–H and O–H groups in total. The van der Waals surface area contributed by atoms with Crippen LogP contribution in [0.5, 0.6) is 0 Å². The van der Waals surface area contributed by atoms with Gasteiger partial charge in [0.2, 0.25) is 0 Å². The van der Waals surface area contributed by atoms with Crippen molar-refractivity contribution in [1.29, 1.82) is 0 Å². The third kappa shape index (κ3) is 5.07. The van der Waals surface area contributed by atoms with Gasteiger partial charge in [0, 0.05) is 6.54 Å². The molecule has 1 aromatic heterocycles. The summed E-state index contributed by atoms with van der Waals surface area (Å²) in [6, 6.07) is 4.12. The van der Waals surface area contributed by atoms with Gasteiger partial charge < -0.3 is 14.8 Å². The topological polar surface area (TPSA) is 80.8 Å². The summed E-state index contributed by atoms with van der Waals surface area (Å²) in [6.07, 6.45) is -0.542. The zero-order chi connectivity index (χ0) is 17.0. The van der Waals surface area contributed by atoms with Crippen molar-refractivity contribution in [3.63, 3.8) is 0 Å². The molecule has 1 fully saturated rings. The fraction of sp³-hybridized carbons (Fsp3) is 0.533. The molecule has 0 radical (unpaired) electrons. The summed E-state index contributed by atoms with van der Waals surface area (Å²) in [5.74, 6) is -0.0810. The van der Waals surface area contributed by atoms with Crippen molar-refractivity contribution >= 4 is 29.4 Å². The van der Waals surface area contributed by atoms with Crippen LogP contribution in [-0.2, 0) is 14.3 Å². The molecule has 1 saturated heterocycles. The largest absolute Gasteiger partial charge is 0.444 e. The fourth-order valence-electron chi connectivity index (χ4n) is 2.05. The standard InChI is InChI=1S/C15H20ClN3O4/c1-15(2,3)23-14(21)19-7-8-22-9-10(19)13(20)18-12-6-4-5-11(16)17-12/h4-6,10H,7-9H2,1-3H3,(H,17,18,20). The maximum atomic E-state index is 12.4. The van der Waals surface area contributed by atoms with Crippen molar-refractivity contribution in [1.82, 2.24) is 9.88 Å². The van der Waals surface area contributed by atoms with Crippen LogP contribution >= 0.6 is 11.6 Å². The third-order valence-electron chi connectivity index (χ3n) is 3.03. The fourth-order valence-corrected chi connectivity index (χ4v) is 2.21. The highest BCUT2D eigenvalue weighted by Gasteiger charge is 2.35. The Balaban J connectivity index is 2.08. The summed E-state index contributed by atoms with van der Waals surface area (Å²) < 4.78 is 10.7. The Morgan fingerprint density at radius 3 is 2.83 bits per heavy atom. The normalized spacial score (nSPS) is 18.4. The Morgan fingerprint density at radius 1 is 1.43 bits per heavy atom. The van der Waals surface area contributed by atoms with E-state index in [1.807, 2.05) is 0 Å². The molecule has 0 saturated carbocycles. The van der Waals surface area contributed by atoms with Crippen LogP contribution in [0.3, 0.4) is 0 Å². The predicted molar refractivity (Wildman–Crippen MR) is 85.4 cm³/mol. The van der Waals surface area contributed by atoms with Gasteiger partial charge >= 0.3 is 6.09 Å². The van der Waals surface area contributed by atoms with E-state index < -0.39 is 23.6 Å². The van der Waals surface area contributed by atoms with Gasteiger partial charge in [0.1, 0.15) is 22.6 Å². The van der Waals surface area contributed by atoms with E-state index in [1.165, 1.54) is 4.90 Å². The summed E-state index contributed by atoms with van der Waals surface area (Å²) in [4.78, 5) is 30.1. The lowest BCUT2D eigenvalue weighted by Gasteiger charge is -2.35. The minimum atomic E-state index is -0.778. The number of morpholine rings is 1. The molecule has 8 heteroatoms. The molecule has 0 spiro atoms. The van der Waals surface area contributed by atoms with Crippen LogP contribution in [0.4, 0.5) is 10.6 Å². The van der Waals surface area contributed by atoms with Crippen LogP contribution < -0.4 is 5.32 Å². The number of halogens is 1. The zero-order valence-electron chi connectivity index (χ0n) is 13.3. The number of anilines is 1. The molecule has 0 bridgehead atoms. The minimum absolute atomic E-state index is 0.103. The molecule has 1 atom stereocenters. The molecule has 126 valence electrons. The lowest BCUT2D eigenvalue weighted by Crippen LogP contribution is -2.55. The molecule has 7 nitrogen and oxygen atoms in total. The highest BCUT2D eigenvalue weighted by molar-refractivity contribution is 6.29. The number of hydrogen-bond acceptors (Lipinski definition) is 5. The van der Waals surface area contributed by atoms with E-state index in [9.17, 15) is 9.59 Å². The van der Waals surface area contributed by atoms with E-state index in [1.54, 1.807) is 39.0 Å². The Bertz CT molecular complexity index is 588. The molecule has 1 aromatic rings. The van der Waals surface area contributed by atoms with Gasteiger partial charge in [0.25, 0.3) is 5.91 Å². The number of amides is 2. The van der Waals surface area contributed by atoms with Crippen molar-refractivity contribution < 1.29 is 19.1 Å². The first-order valence-electron chi connectivity index (χ1n) is 7.27. The Hall–Kier alpha value is -1.86. The average Bonchev–Trinajstić information content (AvgIpc) is 2.45. The lowest BCUT2D eigenvalue weighted by atomic mass is 10.2. The highest BCUT2D eigenvalue weighted by Crippen LogP contribution is 2.16. The number of carbonyl (C=O) groups is 2. The van der Waals surface area contributed by atoms with Crippen LogP contribution in [-0.4, -0.2) is 53.3 Å². The minimum Gasteiger partial charge on any atom is -0.444 e. The van der Waals surface area contributed by atoms with Gasteiger partial charge in [0.15, 0.2) is 0 Å². The molecule has 1 aliphatic rings. The molecular weight excluding hydrogens is 322 g/mol. The van der Waals surface area contributed by atoms with Crippen LogP contribution in [0, 0.1) is 0 Å². The number of nitrogens with one attached hydrogen (secondary N) is 1. The second kappa shape index (κ2) is 7.14.